The molecule has 23 heavy (non-hydrogen) atoms. The van der Waals surface area contributed by atoms with E-state index in [9.17, 15) is 4.79 Å². The van der Waals surface area contributed by atoms with Crippen LogP contribution in [-0.2, 0) is 20.9 Å². The van der Waals surface area contributed by atoms with Crippen molar-refractivity contribution in [2.24, 2.45) is 5.73 Å². The van der Waals surface area contributed by atoms with Gasteiger partial charge in [0.15, 0.2) is 0 Å². The highest BCUT2D eigenvalue weighted by Crippen LogP contribution is 2.10. The van der Waals surface area contributed by atoms with Crippen molar-refractivity contribution in [3.05, 3.63) is 35.9 Å². The molecule has 1 unspecified atom stereocenters. The number of piperidine rings is 1. The Morgan fingerprint density at radius 1 is 1.17 bits per heavy atom. The summed E-state index contributed by atoms with van der Waals surface area (Å²) in [5, 5.41) is 14.8. The zero-order valence-corrected chi connectivity index (χ0v) is 12.6. The number of carboxylic acid groups (broad SMARTS) is 2. The van der Waals surface area contributed by atoms with E-state index in [2.05, 4.69) is 0 Å². The average molecular weight is 324 g/mol. The second-order valence-corrected chi connectivity index (χ2v) is 5.00. The first-order valence-electron chi connectivity index (χ1n) is 7.07. The number of ether oxygens (including phenoxy) is 1. The molecule has 0 aliphatic carbocycles. The highest BCUT2D eigenvalue weighted by atomic mass is 16.6. The first kappa shape index (κ1) is 18.4. The fourth-order valence-electron chi connectivity index (χ4n) is 1.99. The maximum Gasteiger partial charge on any atom is 0.414 e. The van der Waals surface area contributed by atoms with Crippen molar-refractivity contribution in [1.82, 2.24) is 4.90 Å². The van der Waals surface area contributed by atoms with Gasteiger partial charge in [-0.25, -0.2) is 14.4 Å². The quantitative estimate of drug-likeness (QED) is 0.689. The topological polar surface area (TPSA) is 130 Å². The molecule has 0 bridgehead atoms. The highest BCUT2D eigenvalue weighted by molar-refractivity contribution is 6.27. The van der Waals surface area contributed by atoms with Gasteiger partial charge in [0.25, 0.3) is 0 Å². The second kappa shape index (κ2) is 9.42. The van der Waals surface area contributed by atoms with E-state index in [1.807, 2.05) is 30.3 Å². The Balaban J connectivity index is 0.000000379. The van der Waals surface area contributed by atoms with Gasteiger partial charge in [0.2, 0.25) is 0 Å². The lowest BCUT2D eigenvalue weighted by Crippen LogP contribution is -2.45. The fraction of sp³-hybridized carbons (Fsp3) is 0.400. The molecular weight excluding hydrogens is 304 g/mol. The molecule has 1 fully saturated rings. The molecule has 1 atom stereocenters. The van der Waals surface area contributed by atoms with Gasteiger partial charge in [0, 0.05) is 19.1 Å². The van der Waals surface area contributed by atoms with Crippen molar-refractivity contribution in [2.45, 2.75) is 25.5 Å². The Kier molecular flexibility index (Phi) is 7.55. The number of carbonyl (C=O) groups is 3. The third-order valence-electron chi connectivity index (χ3n) is 3.10. The summed E-state index contributed by atoms with van der Waals surface area (Å²) in [5.41, 5.74) is 6.82. The molecular formula is C15H20N2O6. The number of hydrogen-bond donors (Lipinski definition) is 3. The number of nitrogens with two attached hydrogens (primary N) is 1. The van der Waals surface area contributed by atoms with E-state index in [4.69, 9.17) is 30.3 Å². The van der Waals surface area contributed by atoms with Crippen LogP contribution in [0.3, 0.4) is 0 Å². The van der Waals surface area contributed by atoms with E-state index in [1.54, 1.807) is 4.90 Å². The number of benzene rings is 1. The summed E-state index contributed by atoms with van der Waals surface area (Å²) in [6.45, 7) is 1.68. The maximum atomic E-state index is 11.8. The number of rotatable bonds is 2. The van der Waals surface area contributed by atoms with Crippen molar-refractivity contribution in [3.8, 4) is 0 Å². The maximum absolute atomic E-state index is 11.8. The van der Waals surface area contributed by atoms with Crippen molar-refractivity contribution in [2.75, 3.05) is 13.1 Å². The van der Waals surface area contributed by atoms with Gasteiger partial charge in [-0.3, -0.25) is 0 Å². The lowest BCUT2D eigenvalue weighted by Gasteiger charge is -2.29. The summed E-state index contributed by atoms with van der Waals surface area (Å²) >= 11 is 0. The molecule has 1 saturated heterocycles. The third kappa shape index (κ3) is 7.28. The molecule has 8 nitrogen and oxygen atoms in total. The number of carbonyl (C=O) groups excluding carboxylic acids is 1. The van der Waals surface area contributed by atoms with Crippen LogP contribution in [0.1, 0.15) is 18.4 Å². The predicted octanol–water partition coefficient (Wildman–Crippen LogP) is 0.902. The molecule has 1 aliphatic heterocycles. The van der Waals surface area contributed by atoms with Crippen molar-refractivity contribution in [1.29, 1.82) is 0 Å². The lowest BCUT2D eigenvalue weighted by molar-refractivity contribution is -0.159. The molecule has 0 saturated carbocycles. The minimum absolute atomic E-state index is 0.0908. The summed E-state index contributed by atoms with van der Waals surface area (Å²) in [6.07, 6.45) is 1.69. The number of nitrogens with zero attached hydrogens (tertiary/aromatic N) is 1. The first-order valence-corrected chi connectivity index (χ1v) is 7.07. The second-order valence-electron chi connectivity index (χ2n) is 5.00. The van der Waals surface area contributed by atoms with Crippen molar-refractivity contribution >= 4 is 18.0 Å². The molecule has 1 amide bonds. The van der Waals surface area contributed by atoms with Gasteiger partial charge >= 0.3 is 18.0 Å². The third-order valence-corrected chi connectivity index (χ3v) is 3.10. The molecule has 0 radical (unpaired) electrons. The lowest BCUT2D eigenvalue weighted by atomic mass is 10.1. The molecule has 1 heterocycles. The first-order chi connectivity index (χ1) is 10.9. The summed E-state index contributed by atoms with van der Waals surface area (Å²) in [7, 11) is 0. The number of aliphatic carboxylic acids is 2. The monoisotopic (exact) mass is 324 g/mol. The number of carboxylic acids is 2. The van der Waals surface area contributed by atoms with Crippen LogP contribution >= 0.6 is 0 Å². The normalized spacial score (nSPS) is 16.7. The van der Waals surface area contributed by atoms with E-state index in [1.165, 1.54) is 0 Å². The standard InChI is InChI=1S/C13H18N2O2.C2H2O4/c14-12-7-4-8-15(9-12)13(16)17-10-11-5-2-1-3-6-11;3-1(4)2(5)6/h1-3,5-6,12H,4,7-10,14H2;(H,3,4)(H,5,6). The number of hydrogen-bond acceptors (Lipinski definition) is 5. The van der Waals surface area contributed by atoms with Crippen LogP contribution in [0.2, 0.25) is 0 Å². The Morgan fingerprint density at radius 3 is 2.30 bits per heavy atom. The zero-order chi connectivity index (χ0) is 17.2. The van der Waals surface area contributed by atoms with Crippen molar-refractivity contribution < 1.29 is 29.3 Å². The predicted molar refractivity (Wildman–Crippen MR) is 80.7 cm³/mol. The fourth-order valence-corrected chi connectivity index (χ4v) is 1.99. The summed E-state index contributed by atoms with van der Waals surface area (Å²) < 4.78 is 5.25. The molecule has 8 heteroatoms. The van der Waals surface area contributed by atoms with Crippen LogP contribution in [0.5, 0.6) is 0 Å². The SMILES string of the molecule is NC1CCCN(C(=O)OCc2ccccc2)C1.O=C(O)C(=O)O. The smallest absolute Gasteiger partial charge is 0.414 e. The van der Waals surface area contributed by atoms with Gasteiger partial charge in [-0.1, -0.05) is 30.3 Å². The highest BCUT2D eigenvalue weighted by Gasteiger charge is 2.22. The molecule has 1 aliphatic rings. The Morgan fingerprint density at radius 2 is 1.78 bits per heavy atom. The van der Waals surface area contributed by atoms with E-state index in [0.717, 1.165) is 24.9 Å². The van der Waals surface area contributed by atoms with E-state index in [0.29, 0.717) is 13.2 Å². The number of amides is 1. The summed E-state index contributed by atoms with van der Waals surface area (Å²) in [5.74, 6) is -3.65. The van der Waals surface area contributed by atoms with Crippen LogP contribution in [0.15, 0.2) is 30.3 Å². The van der Waals surface area contributed by atoms with Crippen LogP contribution in [0, 0.1) is 0 Å². The average Bonchev–Trinajstić information content (AvgIpc) is 2.54. The minimum atomic E-state index is -1.82. The molecule has 126 valence electrons. The Hall–Kier alpha value is -2.61. The van der Waals surface area contributed by atoms with Gasteiger partial charge in [-0.15, -0.1) is 0 Å². The van der Waals surface area contributed by atoms with Crippen LogP contribution in [0.4, 0.5) is 4.79 Å². The zero-order valence-electron chi connectivity index (χ0n) is 12.6. The van der Waals surface area contributed by atoms with Gasteiger partial charge in [0.05, 0.1) is 0 Å². The van der Waals surface area contributed by atoms with Crippen molar-refractivity contribution in [3.63, 3.8) is 0 Å². The Labute approximate surface area is 133 Å². The van der Waals surface area contributed by atoms with Crippen LogP contribution < -0.4 is 5.73 Å². The Bertz CT molecular complexity index is 522. The van der Waals surface area contributed by atoms with E-state index in [-0.39, 0.29) is 12.1 Å². The van der Waals surface area contributed by atoms with Crippen LogP contribution in [0.25, 0.3) is 0 Å². The van der Waals surface area contributed by atoms with E-state index >= 15 is 0 Å². The van der Waals surface area contributed by atoms with Gasteiger partial charge < -0.3 is 25.6 Å². The molecule has 0 aromatic heterocycles. The molecule has 0 spiro atoms. The van der Waals surface area contributed by atoms with Gasteiger partial charge in [0.1, 0.15) is 6.61 Å². The molecule has 1 aromatic rings. The molecule has 1 aromatic carbocycles. The summed E-state index contributed by atoms with van der Waals surface area (Å²) in [4.78, 5) is 31.7. The summed E-state index contributed by atoms with van der Waals surface area (Å²) in [6, 6.07) is 9.77. The van der Waals surface area contributed by atoms with Gasteiger partial charge in [-0.05, 0) is 18.4 Å². The van der Waals surface area contributed by atoms with Crippen LogP contribution in [-0.4, -0.2) is 52.3 Å². The van der Waals surface area contributed by atoms with Gasteiger partial charge in [-0.2, -0.15) is 0 Å². The largest absolute Gasteiger partial charge is 0.473 e. The molecule has 2 rings (SSSR count). The number of likely N-dealkylation sites (tertiary alicyclic amines) is 1. The minimum Gasteiger partial charge on any atom is -0.473 e. The molecule has 4 N–H and O–H groups in total. The van der Waals surface area contributed by atoms with E-state index < -0.39 is 11.9 Å².